The number of hydrogen-bond acceptors (Lipinski definition) is 2. The number of anilines is 2. The van der Waals surface area contributed by atoms with Crippen LogP contribution in [0.15, 0.2) is 27.1 Å². The average Bonchev–Trinajstić information content (AvgIpc) is 2.50. The molecule has 0 aliphatic carbocycles. The van der Waals surface area contributed by atoms with Gasteiger partial charge in [-0.1, -0.05) is 23.2 Å². The van der Waals surface area contributed by atoms with Gasteiger partial charge in [0, 0.05) is 20.2 Å². The van der Waals surface area contributed by atoms with Crippen molar-refractivity contribution >= 4 is 72.3 Å². The van der Waals surface area contributed by atoms with E-state index in [-0.39, 0.29) is 5.91 Å². The van der Waals surface area contributed by atoms with Crippen LogP contribution in [0.2, 0.25) is 10.0 Å². The van der Waals surface area contributed by atoms with Crippen molar-refractivity contribution in [3.8, 4) is 0 Å². The van der Waals surface area contributed by atoms with E-state index in [9.17, 15) is 4.79 Å². The summed E-state index contributed by atoms with van der Waals surface area (Å²) >= 11 is 18.7. The van der Waals surface area contributed by atoms with Crippen LogP contribution in [-0.4, -0.2) is 5.91 Å². The fourth-order valence-electron chi connectivity index (χ4n) is 2.01. The molecule has 0 unspecified atom stereocenters. The van der Waals surface area contributed by atoms with E-state index in [0.29, 0.717) is 27.0 Å². The van der Waals surface area contributed by atoms with E-state index >= 15 is 0 Å². The van der Waals surface area contributed by atoms with Crippen LogP contribution in [0.3, 0.4) is 0 Å². The second-order valence-corrected chi connectivity index (χ2v) is 7.15. The van der Waals surface area contributed by atoms with Gasteiger partial charge in [-0.3, -0.25) is 4.79 Å². The molecule has 2 aromatic carbocycles. The van der Waals surface area contributed by atoms with Crippen LogP contribution < -0.4 is 11.1 Å². The van der Waals surface area contributed by atoms with Gasteiger partial charge in [0.25, 0.3) is 5.91 Å². The maximum Gasteiger partial charge on any atom is 0.255 e. The molecule has 0 atom stereocenters. The monoisotopic (exact) mass is 464 g/mol. The summed E-state index contributed by atoms with van der Waals surface area (Å²) in [5, 5.41) is 3.64. The summed E-state index contributed by atoms with van der Waals surface area (Å²) in [4.78, 5) is 12.4. The number of carbonyl (C=O) groups is 1. The minimum Gasteiger partial charge on any atom is -0.397 e. The Morgan fingerprint density at radius 3 is 2.14 bits per heavy atom. The first-order valence-electron chi connectivity index (χ1n) is 6.24. The fourth-order valence-corrected chi connectivity index (χ4v) is 3.37. The molecule has 3 N–H and O–H groups in total. The number of nitrogens with one attached hydrogen (secondary N) is 1. The second kappa shape index (κ2) is 6.79. The van der Waals surface area contributed by atoms with Crippen molar-refractivity contribution in [1.82, 2.24) is 0 Å². The summed E-state index contributed by atoms with van der Waals surface area (Å²) in [6.45, 7) is 3.76. The molecule has 7 heteroatoms. The molecule has 2 aromatic rings. The minimum atomic E-state index is -0.270. The first-order valence-corrected chi connectivity index (χ1v) is 8.58. The predicted molar refractivity (Wildman–Crippen MR) is 100 cm³/mol. The third-order valence-electron chi connectivity index (χ3n) is 3.30. The first kappa shape index (κ1) is 17.6. The summed E-state index contributed by atoms with van der Waals surface area (Å²) in [5.41, 5.74) is 9.42. The van der Waals surface area contributed by atoms with Gasteiger partial charge >= 0.3 is 0 Å². The molecular weight excluding hydrogens is 455 g/mol. The third kappa shape index (κ3) is 3.27. The Morgan fingerprint density at radius 2 is 1.64 bits per heavy atom. The Kier molecular flexibility index (Phi) is 5.43. The highest BCUT2D eigenvalue weighted by atomic mass is 79.9. The summed E-state index contributed by atoms with van der Waals surface area (Å²) in [6.07, 6.45) is 0. The number of halogens is 4. The summed E-state index contributed by atoms with van der Waals surface area (Å²) in [7, 11) is 0. The van der Waals surface area contributed by atoms with Crippen molar-refractivity contribution in [3.63, 3.8) is 0 Å². The molecule has 116 valence electrons. The molecular formula is C15H12Br2Cl2N2O. The minimum absolute atomic E-state index is 0.270. The molecule has 0 aromatic heterocycles. The molecule has 0 saturated heterocycles. The molecule has 1 amide bonds. The molecule has 0 aliphatic rings. The maximum atomic E-state index is 12.4. The smallest absolute Gasteiger partial charge is 0.255 e. The van der Waals surface area contributed by atoms with Crippen molar-refractivity contribution in [2.45, 2.75) is 13.8 Å². The van der Waals surface area contributed by atoms with Crippen molar-refractivity contribution < 1.29 is 4.79 Å². The highest BCUT2D eigenvalue weighted by molar-refractivity contribution is 9.11. The number of rotatable bonds is 2. The molecule has 0 heterocycles. The van der Waals surface area contributed by atoms with E-state index in [2.05, 4.69) is 37.2 Å². The summed E-state index contributed by atoms with van der Waals surface area (Å²) < 4.78 is 1.49. The predicted octanol–water partition coefficient (Wildman–Crippen LogP) is 5.97. The molecule has 22 heavy (non-hydrogen) atoms. The lowest BCUT2D eigenvalue weighted by Gasteiger charge is -2.17. The topological polar surface area (TPSA) is 55.1 Å². The van der Waals surface area contributed by atoms with Gasteiger partial charge in [0.1, 0.15) is 0 Å². The number of carbonyl (C=O) groups excluding carboxylic acids is 1. The van der Waals surface area contributed by atoms with Crippen LogP contribution in [0.4, 0.5) is 11.4 Å². The highest BCUT2D eigenvalue weighted by Gasteiger charge is 2.17. The van der Waals surface area contributed by atoms with E-state index < -0.39 is 0 Å². The van der Waals surface area contributed by atoms with Gasteiger partial charge in [-0.25, -0.2) is 0 Å². The Labute approximate surface area is 155 Å². The highest BCUT2D eigenvalue weighted by Crippen LogP contribution is 2.40. The second-order valence-electron chi connectivity index (χ2n) is 4.75. The van der Waals surface area contributed by atoms with Gasteiger partial charge in [-0.2, -0.15) is 0 Å². The summed E-state index contributed by atoms with van der Waals surface area (Å²) in [6, 6.07) is 4.74. The molecule has 2 rings (SSSR count). The molecule has 0 saturated carbocycles. The van der Waals surface area contributed by atoms with Gasteiger partial charge in [0.15, 0.2) is 0 Å². The number of benzene rings is 2. The number of nitrogens with two attached hydrogens (primary N) is 1. The Hall–Kier alpha value is -0.750. The zero-order chi connectivity index (χ0) is 16.6. The summed E-state index contributed by atoms with van der Waals surface area (Å²) in [5.74, 6) is -0.270. The first-order chi connectivity index (χ1) is 10.2. The Bertz CT molecular complexity index is 750. The van der Waals surface area contributed by atoms with E-state index in [0.717, 1.165) is 20.1 Å². The zero-order valence-electron chi connectivity index (χ0n) is 11.7. The SMILES string of the molecule is Cc1c(Br)c(N)c(Br)c(C)c1NC(=O)c1ccc(Cl)c(Cl)c1. The standard InChI is InChI=1S/C15H12Br2Cl2N2O/c1-6-11(16)13(20)12(17)7(2)14(6)21-15(22)8-3-4-9(18)10(19)5-8/h3-5H,20H2,1-2H3,(H,21,22). The molecule has 0 bridgehead atoms. The van der Waals surface area contributed by atoms with Gasteiger partial charge in [-0.05, 0) is 75.0 Å². The normalized spacial score (nSPS) is 10.6. The maximum absolute atomic E-state index is 12.4. The van der Waals surface area contributed by atoms with Crippen molar-refractivity contribution in [2.75, 3.05) is 11.1 Å². The fraction of sp³-hybridized carbons (Fsp3) is 0.133. The van der Waals surface area contributed by atoms with Crippen molar-refractivity contribution in [2.24, 2.45) is 0 Å². The van der Waals surface area contributed by atoms with Crippen LogP contribution in [0.5, 0.6) is 0 Å². The molecule has 3 nitrogen and oxygen atoms in total. The van der Waals surface area contributed by atoms with E-state index in [1.165, 1.54) is 6.07 Å². The van der Waals surface area contributed by atoms with E-state index in [1.54, 1.807) is 12.1 Å². The lowest BCUT2D eigenvalue weighted by atomic mass is 10.1. The van der Waals surface area contributed by atoms with Crippen LogP contribution in [0, 0.1) is 13.8 Å². The van der Waals surface area contributed by atoms with Crippen molar-refractivity contribution in [1.29, 1.82) is 0 Å². The largest absolute Gasteiger partial charge is 0.397 e. The molecule has 0 fully saturated rings. The van der Waals surface area contributed by atoms with E-state index in [4.69, 9.17) is 28.9 Å². The zero-order valence-corrected chi connectivity index (χ0v) is 16.4. The van der Waals surface area contributed by atoms with Crippen LogP contribution >= 0.6 is 55.1 Å². The molecule has 0 aliphatic heterocycles. The van der Waals surface area contributed by atoms with Crippen LogP contribution in [-0.2, 0) is 0 Å². The molecule has 0 spiro atoms. The van der Waals surface area contributed by atoms with Gasteiger partial charge in [0.2, 0.25) is 0 Å². The lowest BCUT2D eigenvalue weighted by Crippen LogP contribution is -2.14. The van der Waals surface area contributed by atoms with Gasteiger partial charge < -0.3 is 11.1 Å². The molecule has 0 radical (unpaired) electrons. The van der Waals surface area contributed by atoms with E-state index in [1.807, 2.05) is 13.8 Å². The number of nitrogen functional groups attached to an aromatic ring is 1. The quantitative estimate of drug-likeness (QED) is 0.536. The third-order valence-corrected chi connectivity index (χ3v) is 6.08. The van der Waals surface area contributed by atoms with Gasteiger partial charge in [0.05, 0.1) is 15.7 Å². The van der Waals surface area contributed by atoms with Crippen molar-refractivity contribution in [3.05, 3.63) is 53.9 Å². The number of hydrogen-bond donors (Lipinski definition) is 2. The Balaban J connectivity index is 2.42. The number of amides is 1. The van der Waals surface area contributed by atoms with Crippen LogP contribution in [0.25, 0.3) is 0 Å². The van der Waals surface area contributed by atoms with Crippen LogP contribution in [0.1, 0.15) is 21.5 Å². The lowest BCUT2D eigenvalue weighted by molar-refractivity contribution is 0.102. The Morgan fingerprint density at radius 1 is 1.09 bits per heavy atom. The van der Waals surface area contributed by atoms with Gasteiger partial charge in [-0.15, -0.1) is 0 Å². The average molecular weight is 467 g/mol.